The minimum absolute atomic E-state index is 0. The maximum atomic E-state index is 10.1. The van der Waals surface area contributed by atoms with Gasteiger partial charge in [-0.1, -0.05) is 0 Å². The van der Waals surface area contributed by atoms with E-state index >= 15 is 0 Å². The summed E-state index contributed by atoms with van der Waals surface area (Å²) in [5.41, 5.74) is 9.81. The van der Waals surface area contributed by atoms with Gasteiger partial charge < -0.3 is 51.1 Å². The minimum Gasteiger partial charge on any atom is -1.00 e. The zero-order valence-electron chi connectivity index (χ0n) is 16.4. The number of amides is 1. The van der Waals surface area contributed by atoms with E-state index in [0.717, 1.165) is 0 Å². The Balaban J connectivity index is -0.0000000698. The summed E-state index contributed by atoms with van der Waals surface area (Å²) in [6.07, 6.45) is -6.92. The average molecular weight is 393 g/mol. The predicted octanol–water partition coefficient (Wildman–Crippen LogP) is -7.60. The third-order valence-electron chi connectivity index (χ3n) is 2.89. The number of rotatable bonds is 5. The maximum absolute atomic E-state index is 10.1. The molecule has 1 amide bonds. The third kappa shape index (κ3) is 10.9. The summed E-state index contributed by atoms with van der Waals surface area (Å²) in [6, 6.07) is -0.979. The molecule has 1 aliphatic rings. The van der Waals surface area contributed by atoms with Crippen LogP contribution >= 0.6 is 0 Å². The number of ether oxygens (including phenoxy) is 1. The number of hydrogen-bond acceptors (Lipinski definition) is 9. The van der Waals surface area contributed by atoms with Gasteiger partial charge in [0, 0.05) is 6.42 Å². The molecule has 0 aliphatic carbocycles. The Kier molecular flexibility index (Phi) is 18.8. The second kappa shape index (κ2) is 15.2. The molecule has 6 atom stereocenters. The van der Waals surface area contributed by atoms with Gasteiger partial charge in [-0.05, 0) is 6.42 Å². The van der Waals surface area contributed by atoms with Crippen LogP contribution < -0.4 is 62.9 Å². The first kappa shape index (κ1) is 29.8. The number of hydrogen-bond donors (Lipinski definition) is 8. The Morgan fingerprint density at radius 3 is 2.00 bits per heavy atom. The molecular formula is C11H25KMgN2O9. The molecule has 0 aromatic carbocycles. The van der Waals surface area contributed by atoms with E-state index in [2.05, 4.69) is 4.74 Å². The Hall–Kier alpha value is 1.06. The fourth-order valence-corrected chi connectivity index (χ4v) is 1.50. The van der Waals surface area contributed by atoms with Crippen LogP contribution in [0.2, 0.25) is 0 Å². The van der Waals surface area contributed by atoms with Gasteiger partial charge in [-0.3, -0.25) is 9.59 Å². The number of nitrogens with two attached hydrogens (primary N) is 2. The summed E-state index contributed by atoms with van der Waals surface area (Å²) in [7, 11) is 0. The van der Waals surface area contributed by atoms with E-state index in [1.807, 2.05) is 0 Å². The zero-order valence-corrected chi connectivity index (χ0v) is 17.9. The first-order chi connectivity index (χ1) is 10.1. The van der Waals surface area contributed by atoms with Crippen molar-refractivity contribution in [3.8, 4) is 0 Å². The summed E-state index contributed by atoms with van der Waals surface area (Å²) >= 11 is 0. The fourth-order valence-electron chi connectivity index (χ4n) is 1.50. The summed E-state index contributed by atoms with van der Waals surface area (Å²) in [6.45, 7) is -0.526. The maximum Gasteiger partial charge on any atom is 2.00 e. The summed E-state index contributed by atoms with van der Waals surface area (Å²) in [5, 5.41) is 52.9. The van der Waals surface area contributed by atoms with Crippen molar-refractivity contribution in [2.75, 3.05) is 6.61 Å². The summed E-state index contributed by atoms with van der Waals surface area (Å²) in [5.74, 6) is -1.64. The van der Waals surface area contributed by atoms with E-state index in [1.165, 1.54) is 0 Å². The van der Waals surface area contributed by atoms with Crippen molar-refractivity contribution in [3.05, 3.63) is 0 Å². The second-order valence-corrected chi connectivity index (χ2v) is 4.67. The summed E-state index contributed by atoms with van der Waals surface area (Å²) in [4.78, 5) is 20.1. The normalized spacial score (nSPS) is 29.8. The number of primary amides is 1. The molecule has 0 spiro atoms. The number of carbonyl (C=O) groups is 2. The number of carbonyl (C=O) groups excluding carboxylic acids is 1. The van der Waals surface area contributed by atoms with Crippen molar-refractivity contribution in [2.24, 2.45) is 11.5 Å². The van der Waals surface area contributed by atoms with Gasteiger partial charge in [-0.2, -0.15) is 0 Å². The van der Waals surface area contributed by atoms with Crippen molar-refractivity contribution >= 4 is 34.9 Å². The van der Waals surface area contributed by atoms with Gasteiger partial charge in [0.1, 0.15) is 30.5 Å². The largest absolute Gasteiger partial charge is 2.00 e. The molecule has 11 nitrogen and oxygen atoms in total. The standard InChI is InChI=1S/C6H12O6.C5H10N2O3.K.Mg.3H/c7-1-2-3(8)4(9)5(10)6(11)12-2;6-3(5(9)10)1-2-4(7)8;;;;;/h2-11H,1H2;3H,1-2,6H2,(H2,7,8)(H,9,10);;;;;/q;;+1;+2;3*-1/t2-,3-,4+,5-,6?;3-;;;;;/m10...../s1. The molecule has 10 N–H and O–H groups in total. The molecule has 1 unspecified atom stereocenters. The van der Waals surface area contributed by atoms with Gasteiger partial charge in [-0.15, -0.1) is 0 Å². The Bertz CT molecular complexity index is 388. The number of aliphatic hydroxyl groups excluding tert-OH is 5. The Labute approximate surface area is 201 Å². The molecule has 1 heterocycles. The molecule has 1 rings (SSSR count). The van der Waals surface area contributed by atoms with Crippen LogP contribution in [-0.2, 0) is 14.3 Å². The topological polar surface area (TPSA) is 217 Å². The smallest absolute Gasteiger partial charge is 1.00 e. The number of aliphatic hydroxyl groups is 5. The molecule has 24 heavy (non-hydrogen) atoms. The summed E-state index contributed by atoms with van der Waals surface area (Å²) < 4.78 is 4.58. The first-order valence-corrected chi connectivity index (χ1v) is 6.37. The van der Waals surface area contributed by atoms with Crippen LogP contribution in [0.5, 0.6) is 0 Å². The van der Waals surface area contributed by atoms with Gasteiger partial charge in [0.15, 0.2) is 6.29 Å². The molecule has 136 valence electrons. The second-order valence-electron chi connectivity index (χ2n) is 4.67. The van der Waals surface area contributed by atoms with Crippen molar-refractivity contribution in [1.82, 2.24) is 0 Å². The monoisotopic (exact) mass is 392 g/mol. The van der Waals surface area contributed by atoms with E-state index < -0.39 is 55.2 Å². The molecule has 0 radical (unpaired) electrons. The number of carboxylic acid groups (broad SMARTS) is 1. The molecule has 13 heteroatoms. The van der Waals surface area contributed by atoms with Gasteiger partial charge >= 0.3 is 80.4 Å². The molecule has 0 aromatic heterocycles. The van der Waals surface area contributed by atoms with Crippen LogP contribution in [0.3, 0.4) is 0 Å². The van der Waals surface area contributed by atoms with Crippen LogP contribution in [0.25, 0.3) is 0 Å². The van der Waals surface area contributed by atoms with Crippen LogP contribution in [0.1, 0.15) is 17.1 Å². The van der Waals surface area contributed by atoms with E-state index in [1.54, 1.807) is 0 Å². The van der Waals surface area contributed by atoms with Gasteiger partial charge in [-0.25, -0.2) is 0 Å². The van der Waals surface area contributed by atoms with Gasteiger partial charge in [0.25, 0.3) is 0 Å². The molecule has 0 saturated carbocycles. The van der Waals surface area contributed by atoms with Crippen LogP contribution in [0, 0.1) is 0 Å². The SMILES string of the molecule is NC(=O)CC[C@H](N)C(=O)O.OC[C@H]1OC(O)[C@H](O)[C@@H](O)[C@@H]1O.[H-].[H-].[H-].[K+].[Mg+2]. The molecule has 0 bridgehead atoms. The fraction of sp³-hybridized carbons (Fsp3) is 0.818. The van der Waals surface area contributed by atoms with E-state index in [-0.39, 0.29) is 91.6 Å². The Morgan fingerprint density at radius 2 is 1.62 bits per heavy atom. The molecular weight excluding hydrogens is 368 g/mol. The van der Waals surface area contributed by atoms with Crippen LogP contribution in [0.4, 0.5) is 0 Å². The average Bonchev–Trinajstić information content (AvgIpc) is 2.46. The molecule has 0 aromatic rings. The minimum atomic E-state index is -1.57. The van der Waals surface area contributed by atoms with Gasteiger partial charge in [0.2, 0.25) is 5.91 Å². The molecule has 1 saturated heterocycles. The molecule has 1 aliphatic heterocycles. The van der Waals surface area contributed by atoms with Crippen LogP contribution in [-0.4, -0.2) is 109 Å². The first-order valence-electron chi connectivity index (χ1n) is 6.37. The van der Waals surface area contributed by atoms with E-state index in [4.69, 9.17) is 42.1 Å². The number of aliphatic carboxylic acids is 1. The molecule has 1 fully saturated rings. The van der Waals surface area contributed by atoms with Gasteiger partial charge in [0.05, 0.1) is 6.61 Å². The predicted molar refractivity (Wildman–Crippen MR) is 79.1 cm³/mol. The Morgan fingerprint density at radius 1 is 1.12 bits per heavy atom. The van der Waals surface area contributed by atoms with Crippen molar-refractivity contribution in [2.45, 2.75) is 49.6 Å². The van der Waals surface area contributed by atoms with Crippen molar-refractivity contribution < 1.29 is 101 Å². The number of carboxylic acids is 1. The van der Waals surface area contributed by atoms with E-state index in [0.29, 0.717) is 0 Å². The zero-order chi connectivity index (χ0) is 17.4. The van der Waals surface area contributed by atoms with Crippen molar-refractivity contribution in [1.29, 1.82) is 0 Å². The third-order valence-corrected chi connectivity index (χ3v) is 2.89. The quantitative estimate of drug-likeness (QED) is 0.206. The van der Waals surface area contributed by atoms with E-state index in [9.17, 15) is 9.59 Å². The van der Waals surface area contributed by atoms with Crippen LogP contribution in [0.15, 0.2) is 0 Å². The van der Waals surface area contributed by atoms with Crippen molar-refractivity contribution in [3.63, 3.8) is 0 Å².